The van der Waals surface area contributed by atoms with Gasteiger partial charge in [0.1, 0.15) is 6.07 Å². The molecule has 0 bridgehead atoms. The van der Waals surface area contributed by atoms with Crippen molar-refractivity contribution in [2.75, 3.05) is 0 Å². The highest BCUT2D eigenvalue weighted by Gasteiger charge is 2.05. The molecule has 0 aromatic heterocycles. The second-order valence-electron chi connectivity index (χ2n) is 2.10. The molecule has 0 saturated heterocycles. The standard InChI is InChI=1S/C8H2Cl2N2O/c9-6-1-5(3-11)8(12-4-13)2-7(6)10/h1-2H. The van der Waals surface area contributed by atoms with Gasteiger partial charge in [-0.3, -0.25) is 0 Å². The van der Waals surface area contributed by atoms with E-state index in [9.17, 15) is 4.79 Å². The van der Waals surface area contributed by atoms with Crippen LogP contribution in [0.3, 0.4) is 0 Å². The summed E-state index contributed by atoms with van der Waals surface area (Å²) in [4.78, 5) is 13.3. The van der Waals surface area contributed by atoms with Gasteiger partial charge in [-0.1, -0.05) is 23.2 Å². The average molecular weight is 213 g/mol. The van der Waals surface area contributed by atoms with Crippen LogP contribution in [0.25, 0.3) is 0 Å². The third-order valence-electron chi connectivity index (χ3n) is 1.33. The van der Waals surface area contributed by atoms with Gasteiger partial charge in [-0.25, -0.2) is 4.79 Å². The van der Waals surface area contributed by atoms with Crippen molar-refractivity contribution >= 4 is 35.0 Å². The molecule has 0 fully saturated rings. The highest BCUT2D eigenvalue weighted by molar-refractivity contribution is 6.42. The lowest BCUT2D eigenvalue weighted by Gasteiger charge is -1.98. The van der Waals surface area contributed by atoms with E-state index < -0.39 is 0 Å². The number of nitrogens with zero attached hydrogens (tertiary/aromatic N) is 2. The highest BCUT2D eigenvalue weighted by Crippen LogP contribution is 2.29. The van der Waals surface area contributed by atoms with Crippen LogP contribution in [-0.2, 0) is 4.79 Å². The van der Waals surface area contributed by atoms with E-state index in [4.69, 9.17) is 28.5 Å². The summed E-state index contributed by atoms with van der Waals surface area (Å²) >= 11 is 11.3. The van der Waals surface area contributed by atoms with Gasteiger partial charge in [0.15, 0.2) is 0 Å². The third kappa shape index (κ3) is 2.07. The van der Waals surface area contributed by atoms with Crippen LogP contribution in [0.1, 0.15) is 5.56 Å². The second-order valence-corrected chi connectivity index (χ2v) is 2.91. The molecular weight excluding hydrogens is 211 g/mol. The first kappa shape index (κ1) is 9.76. The molecule has 1 rings (SSSR count). The Labute approximate surface area is 84.2 Å². The number of halogens is 2. The van der Waals surface area contributed by atoms with Gasteiger partial charge in [0.05, 0.1) is 21.3 Å². The van der Waals surface area contributed by atoms with Crippen molar-refractivity contribution in [3.63, 3.8) is 0 Å². The fourth-order valence-corrected chi connectivity index (χ4v) is 1.09. The quantitative estimate of drug-likeness (QED) is 0.531. The van der Waals surface area contributed by atoms with E-state index >= 15 is 0 Å². The molecular formula is C8H2Cl2N2O. The van der Waals surface area contributed by atoms with Gasteiger partial charge in [-0.15, -0.1) is 0 Å². The van der Waals surface area contributed by atoms with Crippen molar-refractivity contribution in [1.82, 2.24) is 0 Å². The summed E-state index contributed by atoms with van der Waals surface area (Å²) in [6.07, 6.45) is 1.33. The second kappa shape index (κ2) is 4.06. The lowest BCUT2D eigenvalue weighted by Crippen LogP contribution is -1.77. The smallest absolute Gasteiger partial charge is 0.211 e. The van der Waals surface area contributed by atoms with Gasteiger partial charge in [0, 0.05) is 0 Å². The summed E-state index contributed by atoms with van der Waals surface area (Å²) in [5.41, 5.74) is 0.365. The molecule has 0 aliphatic heterocycles. The summed E-state index contributed by atoms with van der Waals surface area (Å²) in [6.45, 7) is 0. The van der Waals surface area contributed by atoms with Gasteiger partial charge < -0.3 is 0 Å². The first-order valence-electron chi connectivity index (χ1n) is 3.16. The number of benzene rings is 1. The predicted octanol–water partition coefficient (Wildman–Crippen LogP) is 2.83. The number of aliphatic imine (C=N–C) groups is 1. The Morgan fingerprint density at radius 3 is 2.46 bits per heavy atom. The van der Waals surface area contributed by atoms with Crippen LogP contribution in [0.4, 0.5) is 5.69 Å². The normalized spacial score (nSPS) is 8.69. The largest absolute Gasteiger partial charge is 0.240 e. The number of rotatable bonds is 1. The SMILES string of the molecule is N#Cc1cc(Cl)c(Cl)cc1N=C=O. The molecule has 5 heteroatoms. The number of isocyanates is 1. The minimum Gasteiger partial charge on any atom is -0.211 e. The van der Waals surface area contributed by atoms with Crippen LogP contribution in [0.5, 0.6) is 0 Å². The van der Waals surface area contributed by atoms with E-state index in [0.29, 0.717) is 0 Å². The van der Waals surface area contributed by atoms with Crippen molar-refractivity contribution in [1.29, 1.82) is 5.26 Å². The van der Waals surface area contributed by atoms with Crippen molar-refractivity contribution in [3.05, 3.63) is 27.7 Å². The van der Waals surface area contributed by atoms with Gasteiger partial charge >= 0.3 is 0 Å². The number of hydrogen-bond acceptors (Lipinski definition) is 3. The van der Waals surface area contributed by atoms with Crippen molar-refractivity contribution < 1.29 is 4.79 Å². The molecule has 0 N–H and O–H groups in total. The molecule has 0 heterocycles. The van der Waals surface area contributed by atoms with Crippen molar-refractivity contribution in [2.45, 2.75) is 0 Å². The first-order valence-corrected chi connectivity index (χ1v) is 3.91. The maximum absolute atomic E-state index is 9.96. The maximum atomic E-state index is 9.96. The number of hydrogen-bond donors (Lipinski definition) is 0. The first-order chi connectivity index (χ1) is 6.19. The molecule has 1 aromatic rings. The van der Waals surface area contributed by atoms with Gasteiger partial charge in [0.25, 0.3) is 0 Å². The zero-order valence-corrected chi connectivity index (χ0v) is 7.73. The molecule has 0 unspecified atom stereocenters. The van der Waals surface area contributed by atoms with Crippen molar-refractivity contribution in [3.8, 4) is 6.07 Å². The van der Waals surface area contributed by atoms with E-state index in [1.54, 1.807) is 0 Å². The van der Waals surface area contributed by atoms with Crippen LogP contribution in [0, 0.1) is 11.3 Å². The Morgan fingerprint density at radius 2 is 1.92 bits per heavy atom. The third-order valence-corrected chi connectivity index (χ3v) is 2.05. The Hall–Kier alpha value is -1.33. The van der Waals surface area contributed by atoms with Crippen LogP contribution in [0.2, 0.25) is 10.0 Å². The minimum absolute atomic E-state index is 0.173. The number of nitriles is 1. The molecule has 0 saturated carbocycles. The zero-order chi connectivity index (χ0) is 9.84. The molecule has 0 aliphatic rings. The summed E-state index contributed by atoms with van der Waals surface area (Å²) in [5, 5.41) is 9.12. The molecule has 0 radical (unpaired) electrons. The van der Waals surface area contributed by atoms with E-state index in [-0.39, 0.29) is 21.3 Å². The Bertz CT molecular complexity index is 431. The van der Waals surface area contributed by atoms with E-state index in [1.807, 2.05) is 6.07 Å². The Balaban J connectivity index is 3.43. The lowest BCUT2D eigenvalue weighted by molar-refractivity contribution is 0.565. The molecule has 0 spiro atoms. The lowest BCUT2D eigenvalue weighted by atomic mass is 10.2. The van der Waals surface area contributed by atoms with E-state index in [0.717, 1.165) is 0 Å². The molecule has 0 atom stereocenters. The summed E-state index contributed by atoms with van der Waals surface area (Å²) in [5.74, 6) is 0. The highest BCUT2D eigenvalue weighted by atomic mass is 35.5. The maximum Gasteiger partial charge on any atom is 0.240 e. The Morgan fingerprint density at radius 1 is 1.31 bits per heavy atom. The minimum atomic E-state index is 0.173. The van der Waals surface area contributed by atoms with Crippen LogP contribution in [-0.4, -0.2) is 6.08 Å². The zero-order valence-electron chi connectivity index (χ0n) is 6.21. The van der Waals surface area contributed by atoms with Crippen LogP contribution < -0.4 is 0 Å². The summed E-state index contributed by atoms with van der Waals surface area (Å²) in [6, 6.07) is 4.52. The molecule has 13 heavy (non-hydrogen) atoms. The fraction of sp³-hybridized carbons (Fsp3) is 0. The molecule has 0 amide bonds. The number of carbonyl (C=O) groups excluding carboxylic acids is 1. The van der Waals surface area contributed by atoms with Gasteiger partial charge in [0.2, 0.25) is 6.08 Å². The molecule has 3 nitrogen and oxygen atoms in total. The van der Waals surface area contributed by atoms with E-state index in [1.165, 1.54) is 18.2 Å². The molecule has 64 valence electrons. The fourth-order valence-electron chi connectivity index (χ4n) is 0.768. The summed E-state index contributed by atoms with van der Waals surface area (Å²) in [7, 11) is 0. The van der Waals surface area contributed by atoms with Crippen LogP contribution >= 0.6 is 23.2 Å². The average Bonchev–Trinajstić information content (AvgIpc) is 2.11. The topological polar surface area (TPSA) is 53.2 Å². The molecule has 0 aliphatic carbocycles. The van der Waals surface area contributed by atoms with Crippen LogP contribution in [0.15, 0.2) is 17.1 Å². The molecule has 1 aromatic carbocycles. The summed E-state index contributed by atoms with van der Waals surface area (Å²) < 4.78 is 0. The van der Waals surface area contributed by atoms with Gasteiger partial charge in [-0.2, -0.15) is 10.3 Å². The van der Waals surface area contributed by atoms with E-state index in [2.05, 4.69) is 4.99 Å². The predicted molar refractivity (Wildman–Crippen MR) is 49.0 cm³/mol. The Kier molecular flexibility index (Phi) is 3.05. The van der Waals surface area contributed by atoms with Gasteiger partial charge in [-0.05, 0) is 12.1 Å². The van der Waals surface area contributed by atoms with Crippen molar-refractivity contribution in [2.24, 2.45) is 4.99 Å². The monoisotopic (exact) mass is 212 g/mol.